The van der Waals surface area contributed by atoms with Crippen LogP contribution in [0.3, 0.4) is 0 Å². The second kappa shape index (κ2) is 5.24. The fraction of sp³-hybridized carbons (Fsp3) is 0.188. The minimum atomic E-state index is -0.407. The second-order valence-corrected chi connectivity index (χ2v) is 4.63. The normalized spacial score (nSPS) is 17.6. The number of carbonyl (C=O) groups excluding carboxylic acids is 1. The minimum absolute atomic E-state index is 0.0827. The van der Waals surface area contributed by atoms with Crippen LogP contribution in [0.2, 0.25) is 0 Å². The van der Waals surface area contributed by atoms with E-state index in [0.29, 0.717) is 13.0 Å². The standard InChI is InChI=1S/C16H15NO2/c18-16(17-14-8-2-1-3-9-14)15-10-12-6-4-5-7-13(12)11-19-15/h1-9,15H,10-11H2,(H,17,18)/t15-/m0/s1. The van der Waals surface area contributed by atoms with Crippen LogP contribution in [0, 0.1) is 0 Å². The lowest BCUT2D eigenvalue weighted by molar-refractivity contribution is -0.129. The molecule has 3 nitrogen and oxygen atoms in total. The maximum atomic E-state index is 12.1. The smallest absolute Gasteiger partial charge is 0.253 e. The maximum Gasteiger partial charge on any atom is 0.253 e. The molecule has 0 bridgehead atoms. The van der Waals surface area contributed by atoms with Crippen molar-refractivity contribution in [2.45, 2.75) is 19.1 Å². The molecular weight excluding hydrogens is 238 g/mol. The number of nitrogens with one attached hydrogen (secondary N) is 1. The number of carbonyl (C=O) groups is 1. The lowest BCUT2D eigenvalue weighted by Gasteiger charge is -2.24. The molecule has 0 fully saturated rings. The number of fused-ring (bicyclic) bond motifs is 1. The van der Waals surface area contributed by atoms with Gasteiger partial charge in [-0.1, -0.05) is 42.5 Å². The number of hydrogen-bond donors (Lipinski definition) is 1. The number of hydrogen-bond acceptors (Lipinski definition) is 2. The molecule has 2 aromatic carbocycles. The summed E-state index contributed by atoms with van der Waals surface area (Å²) < 4.78 is 5.63. The van der Waals surface area contributed by atoms with Gasteiger partial charge >= 0.3 is 0 Å². The lowest BCUT2D eigenvalue weighted by Crippen LogP contribution is -2.35. The molecular formula is C16H15NO2. The first kappa shape index (κ1) is 11.9. The van der Waals surface area contributed by atoms with Crippen LogP contribution in [0.25, 0.3) is 0 Å². The van der Waals surface area contributed by atoms with E-state index in [9.17, 15) is 4.79 Å². The lowest BCUT2D eigenvalue weighted by atomic mass is 9.99. The van der Waals surface area contributed by atoms with Crippen LogP contribution in [0.5, 0.6) is 0 Å². The topological polar surface area (TPSA) is 38.3 Å². The highest BCUT2D eigenvalue weighted by Gasteiger charge is 2.25. The molecule has 3 heteroatoms. The van der Waals surface area contributed by atoms with Crippen LogP contribution in [0.1, 0.15) is 11.1 Å². The van der Waals surface area contributed by atoms with Gasteiger partial charge in [-0.25, -0.2) is 0 Å². The third-order valence-corrected chi connectivity index (χ3v) is 3.30. The number of anilines is 1. The highest BCUT2D eigenvalue weighted by atomic mass is 16.5. The van der Waals surface area contributed by atoms with Crippen molar-refractivity contribution in [1.82, 2.24) is 0 Å². The quantitative estimate of drug-likeness (QED) is 0.893. The van der Waals surface area contributed by atoms with Gasteiger partial charge in [-0.2, -0.15) is 0 Å². The van der Waals surface area contributed by atoms with Gasteiger partial charge < -0.3 is 10.1 Å². The molecule has 1 aliphatic heterocycles. The summed E-state index contributed by atoms with van der Waals surface area (Å²) in [6.07, 6.45) is 0.226. The number of ether oxygens (including phenoxy) is 1. The summed E-state index contributed by atoms with van der Waals surface area (Å²) in [5.74, 6) is -0.0827. The minimum Gasteiger partial charge on any atom is -0.363 e. The molecule has 3 rings (SSSR count). The zero-order valence-corrected chi connectivity index (χ0v) is 10.5. The summed E-state index contributed by atoms with van der Waals surface area (Å²) in [5.41, 5.74) is 3.17. The molecule has 1 aliphatic rings. The molecule has 1 heterocycles. The van der Waals surface area contributed by atoms with Gasteiger partial charge in [-0.05, 0) is 23.3 Å². The van der Waals surface area contributed by atoms with Crippen molar-refractivity contribution in [1.29, 1.82) is 0 Å². The van der Waals surface area contributed by atoms with Crippen LogP contribution < -0.4 is 5.32 Å². The van der Waals surface area contributed by atoms with Gasteiger partial charge in [-0.3, -0.25) is 4.79 Å². The molecule has 0 saturated heterocycles. The SMILES string of the molecule is O=C(Nc1ccccc1)[C@@H]1Cc2ccccc2CO1. The van der Waals surface area contributed by atoms with Crippen molar-refractivity contribution in [2.24, 2.45) is 0 Å². The summed E-state index contributed by atoms with van der Waals surface area (Å²) in [7, 11) is 0. The Labute approximate surface area is 112 Å². The fourth-order valence-corrected chi connectivity index (χ4v) is 2.26. The van der Waals surface area contributed by atoms with E-state index in [1.807, 2.05) is 48.5 Å². The van der Waals surface area contributed by atoms with E-state index >= 15 is 0 Å². The first-order valence-corrected chi connectivity index (χ1v) is 6.37. The van der Waals surface area contributed by atoms with Crippen LogP contribution >= 0.6 is 0 Å². The third-order valence-electron chi connectivity index (χ3n) is 3.30. The molecule has 0 spiro atoms. The summed E-state index contributed by atoms with van der Waals surface area (Å²) in [6, 6.07) is 17.5. The third kappa shape index (κ3) is 2.66. The molecule has 2 aromatic rings. The molecule has 1 N–H and O–H groups in total. The summed E-state index contributed by atoms with van der Waals surface area (Å²) in [4.78, 5) is 12.1. The van der Waals surface area contributed by atoms with Gasteiger partial charge in [0.25, 0.3) is 5.91 Å². The van der Waals surface area contributed by atoms with E-state index in [1.54, 1.807) is 0 Å². The summed E-state index contributed by atoms with van der Waals surface area (Å²) >= 11 is 0. The number of rotatable bonds is 2. The van der Waals surface area contributed by atoms with Crippen LogP contribution in [0.15, 0.2) is 54.6 Å². The highest BCUT2D eigenvalue weighted by molar-refractivity contribution is 5.94. The Hall–Kier alpha value is -2.13. The van der Waals surface area contributed by atoms with Gasteiger partial charge in [0.2, 0.25) is 0 Å². The van der Waals surface area contributed by atoms with Crippen molar-refractivity contribution in [3.05, 3.63) is 65.7 Å². The van der Waals surface area contributed by atoms with Gasteiger partial charge in [0.15, 0.2) is 0 Å². The van der Waals surface area contributed by atoms with Crippen molar-refractivity contribution in [3.8, 4) is 0 Å². The Bertz CT molecular complexity index is 580. The molecule has 0 aromatic heterocycles. The average molecular weight is 253 g/mol. The van der Waals surface area contributed by atoms with Gasteiger partial charge in [0.1, 0.15) is 6.10 Å². The van der Waals surface area contributed by atoms with E-state index in [0.717, 1.165) is 5.69 Å². The van der Waals surface area contributed by atoms with E-state index < -0.39 is 6.10 Å². The Balaban J connectivity index is 1.70. The molecule has 0 radical (unpaired) electrons. The Morgan fingerprint density at radius 2 is 1.68 bits per heavy atom. The molecule has 0 aliphatic carbocycles. The maximum absolute atomic E-state index is 12.1. The van der Waals surface area contributed by atoms with Gasteiger partial charge in [-0.15, -0.1) is 0 Å². The molecule has 1 amide bonds. The molecule has 19 heavy (non-hydrogen) atoms. The van der Waals surface area contributed by atoms with Crippen LogP contribution in [0.4, 0.5) is 5.69 Å². The highest BCUT2D eigenvalue weighted by Crippen LogP contribution is 2.21. The molecule has 96 valence electrons. The monoisotopic (exact) mass is 253 g/mol. The van der Waals surface area contributed by atoms with E-state index in [1.165, 1.54) is 11.1 Å². The van der Waals surface area contributed by atoms with Crippen molar-refractivity contribution >= 4 is 11.6 Å². The van der Waals surface area contributed by atoms with E-state index in [2.05, 4.69) is 11.4 Å². The molecule has 0 unspecified atom stereocenters. The predicted octanol–water partition coefficient (Wildman–Crippen LogP) is 2.77. The summed E-state index contributed by atoms with van der Waals surface area (Å²) in [6.45, 7) is 0.503. The van der Waals surface area contributed by atoms with Gasteiger partial charge in [0.05, 0.1) is 6.61 Å². The van der Waals surface area contributed by atoms with Gasteiger partial charge in [0, 0.05) is 12.1 Å². The average Bonchev–Trinajstić information content (AvgIpc) is 2.48. The van der Waals surface area contributed by atoms with E-state index in [4.69, 9.17) is 4.74 Å². The largest absolute Gasteiger partial charge is 0.363 e. The predicted molar refractivity (Wildman–Crippen MR) is 73.8 cm³/mol. The second-order valence-electron chi connectivity index (χ2n) is 4.63. The van der Waals surface area contributed by atoms with Crippen molar-refractivity contribution in [3.63, 3.8) is 0 Å². The first-order valence-electron chi connectivity index (χ1n) is 6.37. The zero-order valence-electron chi connectivity index (χ0n) is 10.5. The van der Waals surface area contributed by atoms with E-state index in [-0.39, 0.29) is 5.91 Å². The fourth-order valence-electron chi connectivity index (χ4n) is 2.26. The molecule has 0 saturated carbocycles. The number of benzene rings is 2. The Kier molecular flexibility index (Phi) is 3.29. The number of amides is 1. The molecule has 1 atom stereocenters. The Morgan fingerprint density at radius 1 is 1.00 bits per heavy atom. The zero-order chi connectivity index (χ0) is 13.1. The summed E-state index contributed by atoms with van der Waals surface area (Å²) in [5, 5.41) is 2.88. The first-order chi connectivity index (χ1) is 9.33. The van der Waals surface area contributed by atoms with Crippen LogP contribution in [-0.4, -0.2) is 12.0 Å². The number of para-hydroxylation sites is 1. The Morgan fingerprint density at radius 3 is 2.47 bits per heavy atom. The van der Waals surface area contributed by atoms with Crippen LogP contribution in [-0.2, 0) is 22.6 Å². The van der Waals surface area contributed by atoms with Crippen molar-refractivity contribution in [2.75, 3.05) is 5.32 Å². The van der Waals surface area contributed by atoms with Crippen molar-refractivity contribution < 1.29 is 9.53 Å².